The van der Waals surface area contributed by atoms with Gasteiger partial charge in [-0.2, -0.15) is 0 Å². The van der Waals surface area contributed by atoms with Crippen molar-refractivity contribution in [2.45, 2.75) is 29.9 Å². The number of aliphatic hydroxyl groups is 4. The third kappa shape index (κ3) is 1.73. The summed E-state index contributed by atoms with van der Waals surface area (Å²) in [5.41, 5.74) is -0.874. The lowest BCUT2D eigenvalue weighted by Gasteiger charge is -2.37. The number of rotatable bonds is 1. The Morgan fingerprint density at radius 1 is 1.08 bits per heavy atom. The number of aliphatic hydroxyl groups excluding tert-OH is 4. The van der Waals surface area contributed by atoms with Crippen LogP contribution in [0.15, 0.2) is 0 Å². The van der Waals surface area contributed by atoms with E-state index in [2.05, 4.69) is 12.6 Å². The van der Waals surface area contributed by atoms with Crippen molar-refractivity contribution in [1.29, 1.82) is 0 Å². The molecule has 1 fully saturated rings. The normalized spacial score (nSPS) is 49.2. The average Bonchev–Trinajstić information content (AvgIpc) is 2.08. The lowest BCUT2D eigenvalue weighted by molar-refractivity contribution is -0.205. The number of hydrogen-bond acceptors (Lipinski definition) is 6. The molecule has 1 aliphatic heterocycles. The molecule has 0 spiro atoms. The third-order valence-electron chi connectivity index (χ3n) is 1.87. The summed E-state index contributed by atoms with van der Waals surface area (Å²) in [6.07, 6.45) is -4.70. The van der Waals surface area contributed by atoms with E-state index >= 15 is 0 Å². The molecular formula is C6H12O5S. The highest BCUT2D eigenvalue weighted by Crippen LogP contribution is 2.22. The first kappa shape index (κ1) is 10.2. The van der Waals surface area contributed by atoms with Gasteiger partial charge in [-0.25, -0.2) is 0 Å². The second-order valence-electron chi connectivity index (χ2n) is 2.72. The molecule has 0 aromatic rings. The van der Waals surface area contributed by atoms with Crippen LogP contribution in [0.3, 0.4) is 0 Å². The van der Waals surface area contributed by atoms with Gasteiger partial charge in [0.1, 0.15) is 29.9 Å². The molecule has 12 heavy (non-hydrogen) atoms. The number of ether oxygens (including phenoxy) is 1. The van der Waals surface area contributed by atoms with Crippen molar-refractivity contribution in [3.05, 3.63) is 0 Å². The van der Waals surface area contributed by atoms with Crippen molar-refractivity contribution in [2.75, 3.05) is 6.61 Å². The second-order valence-corrected chi connectivity index (χ2v) is 3.23. The van der Waals surface area contributed by atoms with Gasteiger partial charge >= 0.3 is 0 Å². The molecule has 0 amide bonds. The summed E-state index contributed by atoms with van der Waals surface area (Å²) in [6.45, 7) is -0.415. The van der Waals surface area contributed by atoms with E-state index in [1.165, 1.54) is 0 Å². The molecule has 0 aromatic carbocycles. The zero-order valence-corrected chi connectivity index (χ0v) is 7.13. The summed E-state index contributed by atoms with van der Waals surface area (Å²) in [5.74, 6) is 0. The molecule has 6 heteroatoms. The summed E-state index contributed by atoms with van der Waals surface area (Å²) in [6, 6.07) is 0. The fourth-order valence-electron chi connectivity index (χ4n) is 1.08. The van der Waals surface area contributed by atoms with E-state index < -0.39 is 36.5 Å². The first-order chi connectivity index (χ1) is 5.57. The van der Waals surface area contributed by atoms with Gasteiger partial charge in [-0.1, -0.05) is 0 Å². The van der Waals surface area contributed by atoms with Gasteiger partial charge < -0.3 is 25.2 Å². The van der Waals surface area contributed by atoms with E-state index in [1.807, 2.05) is 0 Å². The Balaban J connectivity index is 2.63. The topological polar surface area (TPSA) is 90.2 Å². The van der Waals surface area contributed by atoms with Crippen LogP contribution in [-0.4, -0.2) is 56.9 Å². The van der Waals surface area contributed by atoms with Crippen LogP contribution in [0.1, 0.15) is 0 Å². The lowest BCUT2D eigenvalue weighted by Crippen LogP contribution is -2.56. The average molecular weight is 196 g/mol. The molecule has 5 atom stereocenters. The molecule has 1 saturated heterocycles. The van der Waals surface area contributed by atoms with Crippen LogP contribution in [0, 0.1) is 0 Å². The first-order valence-corrected chi connectivity index (χ1v) is 4.08. The fraction of sp³-hybridized carbons (Fsp3) is 1.00. The van der Waals surface area contributed by atoms with Crippen molar-refractivity contribution < 1.29 is 25.2 Å². The molecule has 0 saturated carbocycles. The van der Waals surface area contributed by atoms with Crippen molar-refractivity contribution in [2.24, 2.45) is 0 Å². The monoisotopic (exact) mass is 196 g/mol. The smallest absolute Gasteiger partial charge is 0.129 e. The van der Waals surface area contributed by atoms with Gasteiger partial charge in [0, 0.05) is 0 Å². The standard InChI is InChI=1S/C6H12O5S/c7-1-2-3(8)4(9)5(10)6(12)11-2/h2-10,12H,1H2/t2?,3-,4-,5-,6?/m0/s1. The minimum atomic E-state index is -1.32. The molecule has 4 N–H and O–H groups in total. The number of hydrogen-bond donors (Lipinski definition) is 5. The molecule has 1 heterocycles. The Bertz CT molecular complexity index is 150. The van der Waals surface area contributed by atoms with Crippen LogP contribution in [0.2, 0.25) is 0 Å². The Morgan fingerprint density at radius 2 is 1.67 bits per heavy atom. The van der Waals surface area contributed by atoms with E-state index in [1.54, 1.807) is 0 Å². The van der Waals surface area contributed by atoms with Gasteiger partial charge in [-0.05, 0) is 0 Å². The van der Waals surface area contributed by atoms with Crippen LogP contribution in [-0.2, 0) is 4.74 Å². The van der Waals surface area contributed by atoms with Crippen LogP contribution in [0.5, 0.6) is 0 Å². The number of thiol groups is 1. The molecule has 1 aliphatic rings. The molecule has 0 bridgehead atoms. The fourth-order valence-corrected chi connectivity index (χ4v) is 1.41. The van der Waals surface area contributed by atoms with Crippen LogP contribution >= 0.6 is 12.6 Å². The van der Waals surface area contributed by atoms with E-state index in [0.717, 1.165) is 0 Å². The summed E-state index contributed by atoms with van der Waals surface area (Å²) >= 11 is 3.81. The van der Waals surface area contributed by atoms with E-state index in [0.29, 0.717) is 0 Å². The van der Waals surface area contributed by atoms with E-state index in [9.17, 15) is 10.2 Å². The summed E-state index contributed by atoms with van der Waals surface area (Å²) in [4.78, 5) is 0. The molecule has 1 rings (SSSR count). The first-order valence-electron chi connectivity index (χ1n) is 3.56. The summed E-state index contributed by atoms with van der Waals surface area (Å²) in [7, 11) is 0. The Hall–Kier alpha value is 0.150. The maximum absolute atomic E-state index is 9.20. The maximum Gasteiger partial charge on any atom is 0.129 e. The zero-order chi connectivity index (χ0) is 9.30. The molecular weight excluding hydrogens is 184 g/mol. The lowest BCUT2D eigenvalue weighted by atomic mass is 10.0. The van der Waals surface area contributed by atoms with Crippen molar-refractivity contribution in [1.82, 2.24) is 0 Å². The molecule has 0 radical (unpaired) electrons. The molecule has 0 aromatic heterocycles. The van der Waals surface area contributed by atoms with Crippen LogP contribution in [0.4, 0.5) is 0 Å². The Morgan fingerprint density at radius 3 is 2.17 bits per heavy atom. The van der Waals surface area contributed by atoms with Gasteiger partial charge in [0.15, 0.2) is 0 Å². The Kier molecular flexibility index (Phi) is 3.33. The highest BCUT2D eigenvalue weighted by molar-refractivity contribution is 7.80. The van der Waals surface area contributed by atoms with Crippen LogP contribution < -0.4 is 0 Å². The SMILES string of the molecule is OCC1OC(S)[C@@H](O)[C@@H](O)[C@H]1O. The highest BCUT2D eigenvalue weighted by Gasteiger charge is 2.41. The minimum absolute atomic E-state index is 0.415. The Labute approximate surface area is 75.0 Å². The summed E-state index contributed by atoms with van der Waals surface area (Å²) < 4.78 is 4.88. The zero-order valence-electron chi connectivity index (χ0n) is 6.24. The van der Waals surface area contributed by atoms with Gasteiger partial charge in [-0.15, -0.1) is 12.6 Å². The molecule has 2 unspecified atom stereocenters. The molecule has 72 valence electrons. The predicted molar refractivity (Wildman–Crippen MR) is 42.8 cm³/mol. The summed E-state index contributed by atoms with van der Waals surface area (Å²) in [5, 5.41) is 36.2. The quantitative estimate of drug-likeness (QED) is 0.305. The van der Waals surface area contributed by atoms with Crippen molar-refractivity contribution in [3.63, 3.8) is 0 Å². The third-order valence-corrected chi connectivity index (χ3v) is 2.29. The van der Waals surface area contributed by atoms with Gasteiger partial charge in [0.2, 0.25) is 0 Å². The second kappa shape index (κ2) is 3.91. The van der Waals surface area contributed by atoms with Crippen molar-refractivity contribution >= 4 is 12.6 Å². The van der Waals surface area contributed by atoms with E-state index in [-0.39, 0.29) is 0 Å². The molecule has 0 aliphatic carbocycles. The maximum atomic E-state index is 9.20. The van der Waals surface area contributed by atoms with Crippen molar-refractivity contribution in [3.8, 4) is 0 Å². The largest absolute Gasteiger partial charge is 0.394 e. The van der Waals surface area contributed by atoms with Crippen LogP contribution in [0.25, 0.3) is 0 Å². The van der Waals surface area contributed by atoms with Gasteiger partial charge in [0.25, 0.3) is 0 Å². The predicted octanol–water partition coefficient (Wildman–Crippen LogP) is -2.28. The highest BCUT2D eigenvalue weighted by atomic mass is 32.1. The van der Waals surface area contributed by atoms with E-state index in [4.69, 9.17) is 14.9 Å². The van der Waals surface area contributed by atoms with Gasteiger partial charge in [-0.3, -0.25) is 0 Å². The minimum Gasteiger partial charge on any atom is -0.394 e. The molecule has 5 nitrogen and oxygen atoms in total. The van der Waals surface area contributed by atoms with Gasteiger partial charge in [0.05, 0.1) is 6.61 Å².